The lowest BCUT2D eigenvalue weighted by Crippen LogP contribution is -2.24. The number of benzene rings is 3. The van der Waals surface area contributed by atoms with Gasteiger partial charge < -0.3 is 21.7 Å². The third-order valence-corrected chi connectivity index (χ3v) is 5.39. The van der Waals surface area contributed by atoms with Gasteiger partial charge in [0, 0.05) is 16.3 Å². The van der Waals surface area contributed by atoms with E-state index in [1.807, 2.05) is 30.3 Å². The van der Waals surface area contributed by atoms with Crippen LogP contribution in [0, 0.1) is 0 Å². The van der Waals surface area contributed by atoms with E-state index >= 15 is 0 Å². The molecule has 3 aromatic rings. The van der Waals surface area contributed by atoms with E-state index in [2.05, 4.69) is 16.0 Å². The Hall–Kier alpha value is -3.78. The number of amides is 4. The van der Waals surface area contributed by atoms with Crippen molar-refractivity contribution in [2.45, 2.75) is 17.1 Å². The van der Waals surface area contributed by atoms with Crippen LogP contribution < -0.4 is 21.7 Å². The predicted octanol–water partition coefficient (Wildman–Crippen LogP) is 4.55. The number of carbonyl (C=O) groups is 3. The van der Waals surface area contributed by atoms with Crippen LogP contribution in [0.2, 0.25) is 0 Å². The van der Waals surface area contributed by atoms with Crippen molar-refractivity contribution in [3.63, 3.8) is 0 Å². The molecule has 158 valence electrons. The highest BCUT2D eigenvalue weighted by molar-refractivity contribution is 8.00. The molecule has 0 aromatic heterocycles. The zero-order valence-electron chi connectivity index (χ0n) is 16.8. The van der Waals surface area contributed by atoms with Gasteiger partial charge in [0.2, 0.25) is 5.91 Å². The van der Waals surface area contributed by atoms with Crippen LogP contribution in [-0.2, 0) is 4.79 Å². The average molecular weight is 435 g/mol. The van der Waals surface area contributed by atoms with Gasteiger partial charge in [-0.3, -0.25) is 9.59 Å². The summed E-state index contributed by atoms with van der Waals surface area (Å²) in [6, 6.07) is 22.6. The first-order valence-corrected chi connectivity index (χ1v) is 10.4. The number of hydrogen-bond donors (Lipinski definition) is 4. The number of para-hydroxylation sites is 2. The topological polar surface area (TPSA) is 113 Å². The number of hydrogen-bond acceptors (Lipinski definition) is 4. The molecule has 1 unspecified atom stereocenters. The molecule has 4 amide bonds. The van der Waals surface area contributed by atoms with Gasteiger partial charge in [-0.2, -0.15) is 0 Å². The van der Waals surface area contributed by atoms with Crippen LogP contribution in [0.15, 0.2) is 83.8 Å². The Morgan fingerprint density at radius 3 is 2.00 bits per heavy atom. The molecule has 0 heterocycles. The molecule has 0 saturated heterocycles. The minimum absolute atomic E-state index is 0.247. The maximum absolute atomic E-state index is 12.5. The number of carbonyl (C=O) groups excluding carboxylic acids is 3. The highest BCUT2D eigenvalue weighted by atomic mass is 32.2. The molecule has 0 spiro atoms. The molecule has 31 heavy (non-hydrogen) atoms. The SMILES string of the molecule is CC(Sc1ccc(NC(=O)Nc2ccccc2)cc1)C(=O)Nc1ccccc1C(N)=O. The van der Waals surface area contributed by atoms with Crippen LogP contribution in [0.4, 0.5) is 21.9 Å². The Morgan fingerprint density at radius 1 is 0.774 bits per heavy atom. The molecule has 5 N–H and O–H groups in total. The molecule has 0 radical (unpaired) electrons. The van der Waals surface area contributed by atoms with Crippen LogP contribution >= 0.6 is 11.8 Å². The molecule has 0 saturated carbocycles. The van der Waals surface area contributed by atoms with Gasteiger partial charge in [0.05, 0.1) is 16.5 Å². The monoisotopic (exact) mass is 434 g/mol. The summed E-state index contributed by atoms with van der Waals surface area (Å²) >= 11 is 1.36. The van der Waals surface area contributed by atoms with Crippen molar-refractivity contribution < 1.29 is 14.4 Å². The first-order valence-electron chi connectivity index (χ1n) is 9.52. The number of nitrogens with two attached hydrogens (primary N) is 1. The fraction of sp³-hybridized carbons (Fsp3) is 0.0870. The van der Waals surface area contributed by atoms with Crippen molar-refractivity contribution in [2.75, 3.05) is 16.0 Å². The lowest BCUT2D eigenvalue weighted by atomic mass is 10.1. The summed E-state index contributed by atoms with van der Waals surface area (Å²) < 4.78 is 0. The Morgan fingerprint density at radius 2 is 1.35 bits per heavy atom. The summed E-state index contributed by atoms with van der Waals surface area (Å²) in [5.74, 6) is -0.848. The highest BCUT2D eigenvalue weighted by Gasteiger charge is 2.17. The second-order valence-corrected chi connectivity index (χ2v) is 8.04. The molecule has 8 heteroatoms. The van der Waals surface area contributed by atoms with Crippen molar-refractivity contribution in [1.82, 2.24) is 0 Å². The third kappa shape index (κ3) is 6.35. The minimum Gasteiger partial charge on any atom is -0.366 e. The molecule has 0 aliphatic rings. The Kier molecular flexibility index (Phi) is 7.29. The van der Waals surface area contributed by atoms with Gasteiger partial charge in [-0.15, -0.1) is 11.8 Å². The largest absolute Gasteiger partial charge is 0.366 e. The van der Waals surface area contributed by atoms with Crippen LogP contribution in [0.5, 0.6) is 0 Å². The summed E-state index contributed by atoms with van der Waals surface area (Å²) in [6.07, 6.45) is 0. The number of nitrogens with one attached hydrogen (secondary N) is 3. The summed E-state index contributed by atoms with van der Waals surface area (Å²) in [7, 11) is 0. The summed E-state index contributed by atoms with van der Waals surface area (Å²) in [5, 5.41) is 7.84. The molecule has 0 bridgehead atoms. The Labute approximate surface area is 184 Å². The van der Waals surface area contributed by atoms with E-state index in [1.54, 1.807) is 55.5 Å². The van der Waals surface area contributed by atoms with Gasteiger partial charge >= 0.3 is 6.03 Å². The van der Waals surface area contributed by atoms with Gasteiger partial charge in [-0.1, -0.05) is 30.3 Å². The Bertz CT molecular complexity index is 1070. The molecule has 3 aromatic carbocycles. The van der Waals surface area contributed by atoms with E-state index in [0.29, 0.717) is 17.1 Å². The van der Waals surface area contributed by atoms with Crippen molar-refractivity contribution >= 4 is 46.7 Å². The number of thioether (sulfide) groups is 1. The molecule has 0 fully saturated rings. The summed E-state index contributed by atoms with van der Waals surface area (Å²) in [6.45, 7) is 1.77. The van der Waals surface area contributed by atoms with E-state index in [-0.39, 0.29) is 17.5 Å². The van der Waals surface area contributed by atoms with Crippen LogP contribution in [0.1, 0.15) is 17.3 Å². The van der Waals surface area contributed by atoms with E-state index in [0.717, 1.165) is 4.90 Å². The Balaban J connectivity index is 1.55. The first-order chi connectivity index (χ1) is 14.9. The van der Waals surface area contributed by atoms with Gasteiger partial charge in [0.15, 0.2) is 0 Å². The fourth-order valence-electron chi connectivity index (χ4n) is 2.73. The average Bonchev–Trinajstić information content (AvgIpc) is 2.76. The van der Waals surface area contributed by atoms with Crippen LogP contribution in [-0.4, -0.2) is 23.1 Å². The predicted molar refractivity (Wildman–Crippen MR) is 124 cm³/mol. The van der Waals surface area contributed by atoms with E-state index in [4.69, 9.17) is 5.73 Å². The van der Waals surface area contributed by atoms with Gasteiger partial charge in [-0.25, -0.2) is 4.79 Å². The van der Waals surface area contributed by atoms with Gasteiger partial charge in [0.1, 0.15) is 0 Å². The quantitative estimate of drug-likeness (QED) is 0.409. The molecule has 0 aliphatic heterocycles. The minimum atomic E-state index is -0.601. The summed E-state index contributed by atoms with van der Waals surface area (Å²) in [4.78, 5) is 37.0. The molecular weight excluding hydrogens is 412 g/mol. The van der Waals surface area contributed by atoms with E-state index in [9.17, 15) is 14.4 Å². The van der Waals surface area contributed by atoms with Crippen LogP contribution in [0.25, 0.3) is 0 Å². The number of anilines is 3. The normalized spacial score (nSPS) is 11.3. The van der Waals surface area contributed by atoms with Crippen molar-refractivity contribution in [3.05, 3.63) is 84.4 Å². The number of urea groups is 1. The molecule has 1 atom stereocenters. The van der Waals surface area contributed by atoms with Crippen LogP contribution in [0.3, 0.4) is 0 Å². The molecule has 0 aliphatic carbocycles. The van der Waals surface area contributed by atoms with Crippen molar-refractivity contribution in [3.8, 4) is 0 Å². The third-order valence-electron chi connectivity index (χ3n) is 4.28. The fourth-order valence-corrected chi connectivity index (χ4v) is 3.60. The van der Waals surface area contributed by atoms with Gasteiger partial charge in [0.25, 0.3) is 5.91 Å². The van der Waals surface area contributed by atoms with E-state index < -0.39 is 11.2 Å². The second-order valence-electron chi connectivity index (χ2n) is 6.63. The molecule has 3 rings (SSSR count). The first kappa shape index (κ1) is 21.9. The van der Waals surface area contributed by atoms with E-state index in [1.165, 1.54) is 11.8 Å². The summed E-state index contributed by atoms with van der Waals surface area (Å²) in [5.41, 5.74) is 7.33. The number of primary amides is 1. The lowest BCUT2D eigenvalue weighted by Gasteiger charge is -2.14. The maximum atomic E-state index is 12.5. The van der Waals surface area contributed by atoms with Crippen molar-refractivity contribution in [2.24, 2.45) is 5.73 Å². The van der Waals surface area contributed by atoms with Crippen molar-refractivity contribution in [1.29, 1.82) is 0 Å². The smallest absolute Gasteiger partial charge is 0.323 e. The maximum Gasteiger partial charge on any atom is 0.323 e. The zero-order chi connectivity index (χ0) is 22.2. The standard InChI is InChI=1S/C23H22N4O3S/c1-15(22(29)27-20-10-6-5-9-19(20)21(24)28)31-18-13-11-17(12-14-18)26-23(30)25-16-7-3-2-4-8-16/h2-15H,1H3,(H2,24,28)(H,27,29)(H2,25,26,30). The molecular formula is C23H22N4O3S. The second kappa shape index (κ2) is 10.3. The number of rotatable bonds is 7. The lowest BCUT2D eigenvalue weighted by molar-refractivity contribution is -0.115. The molecule has 7 nitrogen and oxygen atoms in total. The van der Waals surface area contributed by atoms with Gasteiger partial charge in [-0.05, 0) is 55.5 Å². The highest BCUT2D eigenvalue weighted by Crippen LogP contribution is 2.26. The zero-order valence-corrected chi connectivity index (χ0v) is 17.6.